The van der Waals surface area contributed by atoms with Crippen molar-refractivity contribution in [2.45, 2.75) is 32.7 Å². The summed E-state index contributed by atoms with van der Waals surface area (Å²) in [6.07, 6.45) is 0.324. The van der Waals surface area contributed by atoms with Crippen molar-refractivity contribution < 1.29 is 18.3 Å². The number of benzene rings is 3. The lowest BCUT2D eigenvalue weighted by molar-refractivity contribution is 0.188. The molecule has 0 saturated heterocycles. The molecule has 0 spiro atoms. The van der Waals surface area contributed by atoms with Crippen molar-refractivity contribution in [1.29, 1.82) is 0 Å². The normalized spacial score (nSPS) is 11.5. The summed E-state index contributed by atoms with van der Waals surface area (Å²) in [6.45, 7) is 5.42. The predicted molar refractivity (Wildman–Crippen MR) is 135 cm³/mol. The third kappa shape index (κ3) is 4.86. The van der Waals surface area contributed by atoms with Gasteiger partial charge in [-0.05, 0) is 63.2 Å². The number of rotatable bonds is 8. The summed E-state index contributed by atoms with van der Waals surface area (Å²) >= 11 is 3.71. The smallest absolute Gasteiger partial charge is 0.145 e. The van der Waals surface area contributed by atoms with Gasteiger partial charge in [0.15, 0.2) is 0 Å². The van der Waals surface area contributed by atoms with Gasteiger partial charge in [-0.3, -0.25) is 0 Å². The van der Waals surface area contributed by atoms with E-state index in [1.165, 1.54) is 17.7 Å². The second-order valence-electron chi connectivity index (χ2n) is 8.56. The van der Waals surface area contributed by atoms with Crippen LogP contribution in [-0.2, 0) is 17.7 Å². The minimum atomic E-state index is -0.602. The fourth-order valence-electron chi connectivity index (χ4n) is 4.15. The van der Waals surface area contributed by atoms with E-state index in [4.69, 9.17) is 14.5 Å². The van der Waals surface area contributed by atoms with E-state index in [0.717, 1.165) is 38.5 Å². The minimum absolute atomic E-state index is 0.324. The second kappa shape index (κ2) is 10.2. The number of fused-ring (bicyclic) bond motifs is 1. The third-order valence-corrected chi connectivity index (χ3v) is 6.77. The van der Waals surface area contributed by atoms with Crippen molar-refractivity contribution in [3.05, 3.63) is 81.3 Å². The van der Waals surface area contributed by atoms with Gasteiger partial charge in [-0.1, -0.05) is 38.1 Å². The molecule has 7 heteroatoms. The van der Waals surface area contributed by atoms with Gasteiger partial charge in [-0.15, -0.1) is 0 Å². The molecule has 0 N–H and O–H groups in total. The summed E-state index contributed by atoms with van der Waals surface area (Å²) in [5.74, 6) is 0.671. The van der Waals surface area contributed by atoms with Crippen molar-refractivity contribution in [3.8, 4) is 17.1 Å². The quantitative estimate of drug-likeness (QED) is 0.244. The van der Waals surface area contributed by atoms with E-state index < -0.39 is 11.6 Å². The molecule has 4 aromatic rings. The molecule has 0 aliphatic rings. The fourth-order valence-corrected chi connectivity index (χ4v) is 4.68. The van der Waals surface area contributed by atoms with Crippen LogP contribution in [0.3, 0.4) is 0 Å². The Morgan fingerprint density at radius 2 is 1.68 bits per heavy atom. The average molecular weight is 529 g/mol. The van der Waals surface area contributed by atoms with Gasteiger partial charge >= 0.3 is 0 Å². The lowest BCUT2D eigenvalue weighted by atomic mass is 10.0. The molecule has 0 fully saturated rings. The number of ether oxygens (including phenoxy) is 2. The van der Waals surface area contributed by atoms with E-state index >= 15 is 0 Å². The number of methoxy groups -OCH3 is 2. The summed E-state index contributed by atoms with van der Waals surface area (Å²) in [4.78, 5) is 4.99. The summed E-state index contributed by atoms with van der Waals surface area (Å²) < 4.78 is 41.5. The van der Waals surface area contributed by atoms with E-state index in [9.17, 15) is 8.78 Å². The van der Waals surface area contributed by atoms with Crippen LogP contribution in [0.2, 0.25) is 0 Å². The van der Waals surface area contributed by atoms with Crippen molar-refractivity contribution in [2.75, 3.05) is 20.8 Å². The topological polar surface area (TPSA) is 36.3 Å². The SMILES string of the molecule is COCCn1c(-c2ccc(C(C)C)cc2)nc2c(Br)c(Cc3cc(F)cc(F)c3)cc(OC)c21. The van der Waals surface area contributed by atoms with Crippen LogP contribution in [0.25, 0.3) is 22.4 Å². The van der Waals surface area contributed by atoms with Crippen molar-refractivity contribution in [3.63, 3.8) is 0 Å². The van der Waals surface area contributed by atoms with Gasteiger partial charge < -0.3 is 14.0 Å². The van der Waals surface area contributed by atoms with E-state index in [1.54, 1.807) is 14.2 Å². The summed E-state index contributed by atoms with van der Waals surface area (Å²) in [7, 11) is 3.28. The molecule has 1 heterocycles. The Morgan fingerprint density at radius 1 is 1.00 bits per heavy atom. The van der Waals surface area contributed by atoms with Crippen LogP contribution in [-0.4, -0.2) is 30.4 Å². The number of hydrogen-bond acceptors (Lipinski definition) is 3. The molecule has 3 aromatic carbocycles. The van der Waals surface area contributed by atoms with Crippen molar-refractivity contribution in [1.82, 2.24) is 9.55 Å². The fraction of sp³-hybridized carbons (Fsp3) is 0.296. The summed E-state index contributed by atoms with van der Waals surface area (Å²) in [6, 6.07) is 13.8. The van der Waals surface area contributed by atoms with Gasteiger partial charge in [0, 0.05) is 29.8 Å². The third-order valence-electron chi connectivity index (χ3n) is 5.89. The maximum atomic E-state index is 13.8. The summed E-state index contributed by atoms with van der Waals surface area (Å²) in [5.41, 5.74) is 5.16. The molecule has 0 amide bonds. The number of hydrogen-bond donors (Lipinski definition) is 0. The molecule has 178 valence electrons. The Bertz CT molecular complexity index is 1300. The van der Waals surface area contributed by atoms with E-state index in [2.05, 4.69) is 58.6 Å². The first-order valence-corrected chi connectivity index (χ1v) is 11.9. The van der Waals surface area contributed by atoms with Gasteiger partial charge in [0.1, 0.15) is 34.2 Å². The number of imidazole rings is 1. The predicted octanol–water partition coefficient (Wildman–Crippen LogP) is 7.11. The van der Waals surface area contributed by atoms with Gasteiger partial charge in [0.2, 0.25) is 0 Å². The lowest BCUT2D eigenvalue weighted by Crippen LogP contribution is -2.07. The van der Waals surface area contributed by atoms with Crippen LogP contribution >= 0.6 is 15.9 Å². The van der Waals surface area contributed by atoms with Gasteiger partial charge in [0.05, 0.1) is 13.7 Å². The zero-order chi connectivity index (χ0) is 24.4. The van der Waals surface area contributed by atoms with E-state index in [-0.39, 0.29) is 0 Å². The number of nitrogens with zero attached hydrogens (tertiary/aromatic N) is 2. The molecule has 0 radical (unpaired) electrons. The average Bonchev–Trinajstić information content (AvgIpc) is 3.19. The number of halogens is 3. The van der Waals surface area contributed by atoms with Crippen LogP contribution in [0.1, 0.15) is 36.5 Å². The molecule has 0 aliphatic heterocycles. The molecule has 0 unspecified atom stereocenters. The lowest BCUT2D eigenvalue weighted by Gasteiger charge is -2.14. The maximum Gasteiger partial charge on any atom is 0.145 e. The molecule has 0 bridgehead atoms. The first kappa shape index (κ1) is 24.4. The van der Waals surface area contributed by atoms with Gasteiger partial charge in [-0.25, -0.2) is 13.8 Å². The highest BCUT2D eigenvalue weighted by Crippen LogP contribution is 2.39. The molecule has 4 nitrogen and oxygen atoms in total. The Morgan fingerprint density at radius 3 is 2.26 bits per heavy atom. The first-order valence-electron chi connectivity index (χ1n) is 11.1. The Balaban J connectivity index is 1.88. The second-order valence-corrected chi connectivity index (χ2v) is 9.35. The summed E-state index contributed by atoms with van der Waals surface area (Å²) in [5, 5.41) is 0. The van der Waals surface area contributed by atoms with Crippen molar-refractivity contribution >= 4 is 27.0 Å². The van der Waals surface area contributed by atoms with E-state index in [0.29, 0.717) is 36.8 Å². The molecule has 0 aliphatic carbocycles. The molecule has 0 atom stereocenters. The zero-order valence-corrected chi connectivity index (χ0v) is 21.2. The van der Waals surface area contributed by atoms with Crippen LogP contribution in [0, 0.1) is 11.6 Å². The Labute approximate surface area is 206 Å². The Kier molecular flexibility index (Phi) is 7.33. The maximum absolute atomic E-state index is 13.8. The molecular formula is C27H27BrF2N2O2. The zero-order valence-electron chi connectivity index (χ0n) is 19.7. The van der Waals surface area contributed by atoms with Crippen molar-refractivity contribution in [2.24, 2.45) is 0 Å². The van der Waals surface area contributed by atoms with Crippen LogP contribution < -0.4 is 4.74 Å². The highest BCUT2D eigenvalue weighted by atomic mass is 79.9. The highest BCUT2D eigenvalue weighted by molar-refractivity contribution is 9.10. The number of aromatic nitrogens is 2. The Hall–Kier alpha value is -2.77. The standard InChI is InChI=1S/C27H27BrF2N2O2/c1-16(2)18-5-7-19(8-6-18)27-31-25-24(28)20(11-17-12-21(29)15-22(30)13-17)14-23(34-4)26(25)32(27)9-10-33-3/h5-8,12-16H,9-11H2,1-4H3. The monoisotopic (exact) mass is 528 g/mol. The van der Waals surface area contributed by atoms with Crippen LogP contribution in [0.5, 0.6) is 5.75 Å². The van der Waals surface area contributed by atoms with E-state index in [1.807, 2.05) is 6.07 Å². The molecule has 0 saturated carbocycles. The largest absolute Gasteiger partial charge is 0.494 e. The minimum Gasteiger partial charge on any atom is -0.494 e. The van der Waals surface area contributed by atoms with Gasteiger partial charge in [0.25, 0.3) is 0 Å². The molecule has 4 rings (SSSR count). The van der Waals surface area contributed by atoms with Gasteiger partial charge in [-0.2, -0.15) is 0 Å². The highest BCUT2D eigenvalue weighted by Gasteiger charge is 2.21. The molecule has 34 heavy (non-hydrogen) atoms. The first-order chi connectivity index (χ1) is 16.3. The molecular weight excluding hydrogens is 502 g/mol. The van der Waals surface area contributed by atoms with Crippen LogP contribution in [0.4, 0.5) is 8.78 Å². The molecule has 1 aromatic heterocycles. The van der Waals surface area contributed by atoms with Crippen LogP contribution in [0.15, 0.2) is 53.0 Å².